The Labute approximate surface area is 354 Å². The third-order valence-corrected chi connectivity index (χ3v) is 10.1. The number of H-pyrrole nitrogens is 2. The monoisotopic (exact) mass is 892 g/mol. The van der Waals surface area contributed by atoms with Gasteiger partial charge in [-0.15, -0.1) is 10.2 Å². The summed E-state index contributed by atoms with van der Waals surface area (Å²) < 4.78 is 109. The summed E-state index contributed by atoms with van der Waals surface area (Å²) >= 11 is 0. The number of carbonyl (C=O) groups is 2. The van der Waals surface area contributed by atoms with Crippen molar-refractivity contribution in [2.45, 2.75) is 25.7 Å². The lowest BCUT2D eigenvalue weighted by Gasteiger charge is -2.16. The van der Waals surface area contributed by atoms with Crippen LogP contribution in [0.3, 0.4) is 0 Å². The van der Waals surface area contributed by atoms with Crippen molar-refractivity contribution < 1.29 is 44.7 Å². The Morgan fingerprint density at radius 2 is 1.31 bits per heavy atom. The molecule has 330 valence electrons. The maximum Gasteiger partial charge on any atom is 0.405 e. The zero-order chi connectivity index (χ0) is 45.7. The molecule has 8 aromatic rings. The lowest BCUT2D eigenvalue weighted by Crippen LogP contribution is -2.34. The Hall–Kier alpha value is -7.92. The van der Waals surface area contributed by atoms with Gasteiger partial charge in [-0.1, -0.05) is 12.1 Å². The van der Waals surface area contributed by atoms with E-state index >= 15 is 8.78 Å². The van der Waals surface area contributed by atoms with Gasteiger partial charge < -0.3 is 21.3 Å². The summed E-state index contributed by atoms with van der Waals surface area (Å²) in [6.45, 7) is -1.36. The predicted molar refractivity (Wildman–Crippen MR) is 216 cm³/mol. The number of fused-ring (bicyclic) bond motifs is 2. The highest BCUT2D eigenvalue weighted by Crippen LogP contribution is 2.36. The molecule has 24 heteroatoms. The molecule has 8 rings (SSSR count). The van der Waals surface area contributed by atoms with Crippen LogP contribution >= 0.6 is 0 Å². The van der Waals surface area contributed by atoms with Gasteiger partial charge in [-0.05, 0) is 66.1 Å². The van der Waals surface area contributed by atoms with Crippen molar-refractivity contribution in [3.05, 3.63) is 106 Å². The highest BCUT2D eigenvalue weighted by atomic mass is 19.4. The van der Waals surface area contributed by atoms with Crippen LogP contribution in [0.4, 0.5) is 58.4 Å². The van der Waals surface area contributed by atoms with E-state index in [1.807, 2.05) is 30.4 Å². The van der Waals surface area contributed by atoms with Crippen LogP contribution in [0.15, 0.2) is 67.0 Å². The summed E-state index contributed by atoms with van der Waals surface area (Å²) in [5.74, 6) is -5.10. The number of benzene rings is 4. The fraction of sp³-hybridized carbons (Fsp3) is 0.200. The third-order valence-electron chi connectivity index (χ3n) is 10.1. The van der Waals surface area contributed by atoms with Gasteiger partial charge in [0.25, 0.3) is 11.8 Å². The van der Waals surface area contributed by atoms with E-state index in [9.17, 15) is 35.9 Å². The third kappa shape index (κ3) is 8.73. The van der Waals surface area contributed by atoms with Crippen LogP contribution < -0.4 is 21.3 Å². The van der Waals surface area contributed by atoms with Crippen molar-refractivity contribution in [3.8, 4) is 22.8 Å². The van der Waals surface area contributed by atoms with E-state index in [0.29, 0.717) is 28.4 Å². The van der Waals surface area contributed by atoms with Gasteiger partial charge in [0.05, 0.1) is 34.6 Å². The molecule has 0 radical (unpaired) electrons. The van der Waals surface area contributed by atoms with Crippen LogP contribution in [0.2, 0.25) is 0 Å². The van der Waals surface area contributed by atoms with E-state index in [4.69, 9.17) is 0 Å². The van der Waals surface area contributed by atoms with Crippen LogP contribution in [0.5, 0.6) is 0 Å². The average Bonchev–Trinajstić information content (AvgIpc) is 4.07. The topological polar surface area (TPSA) is 201 Å². The molecular weight excluding hydrogens is 861 g/mol. The normalized spacial score (nSPS) is 12.0. The molecule has 2 amide bonds. The van der Waals surface area contributed by atoms with Gasteiger partial charge in [-0.25, -0.2) is 18.1 Å². The SMILES string of the molecule is Cc1c(Nc2nc(-c3ccc(C(=O)NCC(F)(F)F)c(F)c3F)nn2C)cc(Cc2c(Nc3nc(-c4ccc(C(=O)NCC(F)(F)F)cc4)nn3C)ccc3[nH]ncc23)c2[nH]ncc12. The van der Waals surface area contributed by atoms with E-state index < -0.39 is 60.0 Å². The quantitative estimate of drug-likeness (QED) is 0.0678. The first-order chi connectivity index (χ1) is 30.3. The van der Waals surface area contributed by atoms with Crippen molar-refractivity contribution in [2.75, 3.05) is 23.7 Å². The van der Waals surface area contributed by atoms with Crippen LogP contribution in [-0.2, 0) is 20.5 Å². The molecule has 16 nitrogen and oxygen atoms in total. The summed E-state index contributed by atoms with van der Waals surface area (Å²) in [6.07, 6.45) is -5.71. The summed E-state index contributed by atoms with van der Waals surface area (Å²) in [5.41, 5.74) is 4.06. The van der Waals surface area contributed by atoms with E-state index in [1.165, 1.54) is 46.0 Å². The van der Waals surface area contributed by atoms with Crippen molar-refractivity contribution in [1.29, 1.82) is 0 Å². The molecule has 0 aliphatic rings. The number of rotatable bonds is 12. The number of hydrogen-bond acceptors (Lipinski definition) is 10. The first-order valence-electron chi connectivity index (χ1n) is 18.9. The summed E-state index contributed by atoms with van der Waals surface area (Å²) in [7, 11) is 3.17. The molecule has 0 saturated carbocycles. The number of amides is 2. The zero-order valence-electron chi connectivity index (χ0n) is 33.4. The van der Waals surface area contributed by atoms with Gasteiger partial charge in [-0.2, -0.15) is 46.5 Å². The van der Waals surface area contributed by atoms with Gasteiger partial charge in [0.15, 0.2) is 23.3 Å². The smallest absolute Gasteiger partial charge is 0.343 e. The fourth-order valence-electron chi connectivity index (χ4n) is 6.85. The fourth-order valence-corrected chi connectivity index (χ4v) is 6.85. The molecule has 0 spiro atoms. The minimum absolute atomic E-state index is 0.0266. The standard InChI is InChI=1S/C40H32F8N14O2/c1-18-25-14-52-58-32(25)21(13-29(18)54-38-56-34(60-62(38)3)22-8-9-23(31(42)30(22)41)36(64)50-17-40(46,47)48)12-24-26-15-51-57-28(26)11-10-27(24)53-37-55-33(59-61(37)2)19-4-6-20(7-5-19)35(63)49-16-39(43,44)45/h4-11,13-15H,12,16-17H2,1-3H3,(H,49,63)(H,50,64)(H,51,57)(H,52,58)(H,53,55,59)(H,54,56,60). The highest BCUT2D eigenvalue weighted by molar-refractivity contribution is 5.96. The van der Waals surface area contributed by atoms with E-state index in [0.717, 1.165) is 45.1 Å². The first kappa shape index (κ1) is 42.8. The maximum atomic E-state index is 15.3. The number of halogens is 8. The average molecular weight is 893 g/mol. The summed E-state index contributed by atoms with van der Waals surface area (Å²) in [6, 6.07) is 13.2. The predicted octanol–water partition coefficient (Wildman–Crippen LogP) is 7.28. The maximum absolute atomic E-state index is 15.3. The lowest BCUT2D eigenvalue weighted by atomic mass is 9.96. The number of nitrogens with one attached hydrogen (secondary N) is 6. The Morgan fingerprint density at radius 3 is 2.00 bits per heavy atom. The van der Waals surface area contributed by atoms with Gasteiger partial charge in [0, 0.05) is 53.8 Å². The van der Waals surface area contributed by atoms with Gasteiger partial charge in [-0.3, -0.25) is 19.8 Å². The zero-order valence-corrected chi connectivity index (χ0v) is 33.4. The van der Waals surface area contributed by atoms with Crippen LogP contribution in [0.1, 0.15) is 37.4 Å². The molecule has 0 unspecified atom stereocenters. The number of alkyl halides is 6. The molecule has 6 N–H and O–H groups in total. The van der Waals surface area contributed by atoms with Gasteiger partial charge in [0.2, 0.25) is 11.9 Å². The van der Waals surface area contributed by atoms with Crippen molar-refractivity contribution >= 4 is 56.9 Å². The van der Waals surface area contributed by atoms with Gasteiger partial charge in [0.1, 0.15) is 13.1 Å². The largest absolute Gasteiger partial charge is 0.405 e. The second-order valence-corrected chi connectivity index (χ2v) is 14.4. The number of aromatic nitrogens is 10. The lowest BCUT2D eigenvalue weighted by molar-refractivity contribution is -0.123. The van der Waals surface area contributed by atoms with Crippen molar-refractivity contribution in [1.82, 2.24) is 60.6 Å². The number of nitrogens with zero attached hydrogens (tertiary/aromatic N) is 8. The second-order valence-electron chi connectivity index (χ2n) is 14.4. The summed E-state index contributed by atoms with van der Waals surface area (Å²) in [5, 5.41) is 34.7. The molecule has 0 bridgehead atoms. The number of carbonyl (C=O) groups excluding carboxylic acids is 2. The van der Waals surface area contributed by atoms with Crippen molar-refractivity contribution in [3.63, 3.8) is 0 Å². The molecule has 0 aliphatic carbocycles. The summed E-state index contributed by atoms with van der Waals surface area (Å²) in [4.78, 5) is 33.4. The molecule has 0 saturated heterocycles. The van der Waals surface area contributed by atoms with E-state index in [2.05, 4.69) is 51.2 Å². The minimum atomic E-state index is -4.76. The van der Waals surface area contributed by atoms with E-state index in [1.54, 1.807) is 19.4 Å². The number of aryl methyl sites for hydroxylation is 3. The molecule has 0 fully saturated rings. The number of anilines is 4. The molecule has 64 heavy (non-hydrogen) atoms. The Morgan fingerprint density at radius 1 is 0.703 bits per heavy atom. The van der Waals surface area contributed by atoms with Gasteiger partial charge >= 0.3 is 12.4 Å². The molecular formula is C40H32F8N14O2. The Kier molecular flexibility index (Phi) is 11.0. The molecule has 4 heterocycles. The molecule has 4 aromatic heterocycles. The van der Waals surface area contributed by atoms with Crippen LogP contribution in [0, 0.1) is 18.6 Å². The Bertz CT molecular complexity index is 3080. The molecule has 0 atom stereocenters. The van der Waals surface area contributed by atoms with Crippen LogP contribution in [0.25, 0.3) is 44.6 Å². The molecule has 4 aromatic carbocycles. The first-order valence-corrected chi connectivity index (χ1v) is 18.9. The van der Waals surface area contributed by atoms with E-state index in [-0.39, 0.29) is 29.6 Å². The van der Waals surface area contributed by atoms with Crippen molar-refractivity contribution in [2.24, 2.45) is 14.1 Å². The molecule has 0 aliphatic heterocycles. The number of hydrogen-bond donors (Lipinski definition) is 6. The second kappa shape index (κ2) is 16.4. The van der Waals surface area contributed by atoms with Crippen LogP contribution in [-0.4, -0.2) is 87.2 Å². The minimum Gasteiger partial charge on any atom is -0.343 e. The number of aromatic amines is 2. The Balaban J connectivity index is 1.07. The highest BCUT2D eigenvalue weighted by Gasteiger charge is 2.30.